The number of nitrogen functional groups attached to an aromatic ring is 1. The van der Waals surface area contributed by atoms with Crippen molar-refractivity contribution in [1.29, 1.82) is 0 Å². The fourth-order valence-corrected chi connectivity index (χ4v) is 2.78. The van der Waals surface area contributed by atoms with Crippen molar-refractivity contribution >= 4 is 23.5 Å². The van der Waals surface area contributed by atoms with Crippen molar-refractivity contribution < 1.29 is 4.79 Å². The topological polar surface area (TPSA) is 71.2 Å². The highest BCUT2D eigenvalue weighted by molar-refractivity contribution is 7.98. The SMILES string of the molecule is CCC(CSC)N(C)C(=O)c1cc(C)nc(NN)c1. The molecule has 0 aliphatic carbocycles. The largest absolute Gasteiger partial charge is 0.338 e. The van der Waals surface area contributed by atoms with E-state index < -0.39 is 0 Å². The number of hydrazine groups is 1. The average molecular weight is 282 g/mol. The lowest BCUT2D eigenvalue weighted by Crippen LogP contribution is -2.38. The van der Waals surface area contributed by atoms with E-state index in [2.05, 4.69) is 17.3 Å². The number of nitrogens with one attached hydrogen (secondary N) is 1. The van der Waals surface area contributed by atoms with Crippen molar-refractivity contribution in [3.8, 4) is 0 Å². The van der Waals surface area contributed by atoms with Crippen LogP contribution in [-0.4, -0.2) is 40.9 Å². The molecular weight excluding hydrogens is 260 g/mol. The van der Waals surface area contributed by atoms with Crippen LogP contribution in [0.25, 0.3) is 0 Å². The molecule has 5 nitrogen and oxygen atoms in total. The molecule has 106 valence electrons. The Labute approximate surface area is 118 Å². The van der Waals surface area contributed by atoms with E-state index in [-0.39, 0.29) is 11.9 Å². The number of amides is 1. The predicted octanol–water partition coefficient (Wildman–Crippen LogP) is 1.89. The summed E-state index contributed by atoms with van der Waals surface area (Å²) in [5.74, 6) is 6.80. The Kier molecular flexibility index (Phi) is 6.11. The van der Waals surface area contributed by atoms with Gasteiger partial charge in [0, 0.05) is 30.1 Å². The fourth-order valence-electron chi connectivity index (χ4n) is 1.93. The number of hydrogen-bond acceptors (Lipinski definition) is 5. The van der Waals surface area contributed by atoms with Gasteiger partial charge in [0.15, 0.2) is 0 Å². The molecule has 1 aromatic heterocycles. The molecule has 0 spiro atoms. The number of anilines is 1. The molecule has 0 bridgehead atoms. The van der Waals surface area contributed by atoms with E-state index in [0.29, 0.717) is 11.4 Å². The second-order valence-corrected chi connectivity index (χ2v) is 5.37. The number of aromatic nitrogens is 1. The van der Waals surface area contributed by atoms with Crippen LogP contribution in [0.4, 0.5) is 5.82 Å². The molecule has 0 aromatic carbocycles. The predicted molar refractivity (Wildman–Crippen MR) is 81.3 cm³/mol. The summed E-state index contributed by atoms with van der Waals surface area (Å²) in [5.41, 5.74) is 3.87. The summed E-state index contributed by atoms with van der Waals surface area (Å²) in [7, 11) is 1.85. The molecule has 1 amide bonds. The number of carbonyl (C=O) groups excluding carboxylic acids is 1. The van der Waals surface area contributed by atoms with Crippen LogP contribution in [-0.2, 0) is 0 Å². The van der Waals surface area contributed by atoms with E-state index >= 15 is 0 Å². The fraction of sp³-hybridized carbons (Fsp3) is 0.538. The molecule has 1 unspecified atom stereocenters. The number of carbonyl (C=O) groups is 1. The van der Waals surface area contributed by atoms with Crippen molar-refractivity contribution in [3.63, 3.8) is 0 Å². The van der Waals surface area contributed by atoms with Gasteiger partial charge < -0.3 is 10.3 Å². The maximum Gasteiger partial charge on any atom is 0.254 e. The van der Waals surface area contributed by atoms with Gasteiger partial charge in [-0.15, -0.1) is 0 Å². The minimum Gasteiger partial charge on any atom is -0.338 e. The Hall–Kier alpha value is -1.27. The molecule has 3 N–H and O–H groups in total. The lowest BCUT2D eigenvalue weighted by molar-refractivity contribution is 0.0743. The number of pyridine rings is 1. The molecule has 0 saturated carbocycles. The van der Waals surface area contributed by atoms with Gasteiger partial charge in [0.2, 0.25) is 0 Å². The smallest absolute Gasteiger partial charge is 0.254 e. The number of aryl methyl sites for hydroxylation is 1. The van der Waals surface area contributed by atoms with Crippen LogP contribution in [0, 0.1) is 6.92 Å². The Balaban J connectivity index is 2.95. The number of hydrogen-bond donors (Lipinski definition) is 2. The van der Waals surface area contributed by atoms with Crippen LogP contribution in [0.1, 0.15) is 29.4 Å². The van der Waals surface area contributed by atoms with Gasteiger partial charge in [-0.05, 0) is 31.7 Å². The first-order chi connectivity index (χ1) is 9.03. The van der Waals surface area contributed by atoms with Gasteiger partial charge >= 0.3 is 0 Å². The normalized spacial score (nSPS) is 12.1. The molecule has 0 saturated heterocycles. The van der Waals surface area contributed by atoms with Crippen LogP contribution < -0.4 is 11.3 Å². The van der Waals surface area contributed by atoms with Gasteiger partial charge in [0.25, 0.3) is 5.91 Å². The number of nitrogens with zero attached hydrogens (tertiary/aromatic N) is 2. The van der Waals surface area contributed by atoms with Crippen LogP contribution in [0.15, 0.2) is 12.1 Å². The van der Waals surface area contributed by atoms with Gasteiger partial charge in [-0.3, -0.25) is 4.79 Å². The molecule has 19 heavy (non-hydrogen) atoms. The lowest BCUT2D eigenvalue weighted by Gasteiger charge is -2.27. The van der Waals surface area contributed by atoms with E-state index in [0.717, 1.165) is 17.9 Å². The van der Waals surface area contributed by atoms with E-state index in [9.17, 15) is 4.79 Å². The summed E-state index contributed by atoms with van der Waals surface area (Å²) in [6, 6.07) is 3.70. The summed E-state index contributed by atoms with van der Waals surface area (Å²) in [4.78, 5) is 18.4. The zero-order valence-electron chi connectivity index (χ0n) is 11.9. The highest BCUT2D eigenvalue weighted by Crippen LogP contribution is 2.15. The monoisotopic (exact) mass is 282 g/mol. The maximum absolute atomic E-state index is 12.5. The maximum atomic E-state index is 12.5. The number of nitrogens with two attached hydrogens (primary N) is 1. The Bertz CT molecular complexity index is 439. The minimum absolute atomic E-state index is 0.00269. The van der Waals surface area contributed by atoms with Crippen LogP contribution in [0.2, 0.25) is 0 Å². The van der Waals surface area contributed by atoms with E-state index in [1.807, 2.05) is 20.2 Å². The van der Waals surface area contributed by atoms with Crippen molar-refractivity contribution in [2.45, 2.75) is 26.3 Å². The standard InChI is InChI=1S/C13H22N4OS/c1-5-11(8-19-4)17(3)13(18)10-6-9(2)15-12(7-10)16-14/h6-7,11H,5,8,14H2,1-4H3,(H,15,16). The zero-order valence-corrected chi connectivity index (χ0v) is 12.8. The third-order valence-corrected chi connectivity index (χ3v) is 3.76. The van der Waals surface area contributed by atoms with Crippen molar-refractivity contribution in [2.24, 2.45) is 5.84 Å². The summed E-state index contributed by atoms with van der Waals surface area (Å²) >= 11 is 1.75. The van der Waals surface area contributed by atoms with Crippen molar-refractivity contribution in [2.75, 3.05) is 24.5 Å². The Morgan fingerprint density at radius 3 is 2.79 bits per heavy atom. The van der Waals surface area contributed by atoms with Crippen LogP contribution >= 0.6 is 11.8 Å². The van der Waals surface area contributed by atoms with E-state index in [4.69, 9.17) is 5.84 Å². The third kappa shape index (κ3) is 4.11. The van der Waals surface area contributed by atoms with Crippen molar-refractivity contribution in [1.82, 2.24) is 9.88 Å². The molecule has 0 radical (unpaired) electrons. The summed E-state index contributed by atoms with van der Waals surface area (Å²) in [6.45, 7) is 3.94. The lowest BCUT2D eigenvalue weighted by atomic mass is 10.1. The molecule has 0 aliphatic rings. The number of thioether (sulfide) groups is 1. The molecule has 6 heteroatoms. The molecule has 0 aliphatic heterocycles. The second-order valence-electron chi connectivity index (χ2n) is 4.46. The summed E-state index contributed by atoms with van der Waals surface area (Å²) < 4.78 is 0. The second kappa shape index (κ2) is 7.35. The van der Waals surface area contributed by atoms with Crippen molar-refractivity contribution in [3.05, 3.63) is 23.4 Å². The summed E-state index contributed by atoms with van der Waals surface area (Å²) in [6.07, 6.45) is 2.99. The van der Waals surface area contributed by atoms with E-state index in [1.165, 1.54) is 0 Å². The molecule has 1 heterocycles. The highest BCUT2D eigenvalue weighted by atomic mass is 32.2. The first-order valence-corrected chi connectivity index (χ1v) is 7.64. The molecular formula is C13H22N4OS. The van der Waals surface area contributed by atoms with Gasteiger partial charge in [-0.2, -0.15) is 11.8 Å². The first-order valence-electron chi connectivity index (χ1n) is 6.24. The Morgan fingerprint density at radius 1 is 1.58 bits per heavy atom. The van der Waals surface area contributed by atoms with Gasteiger partial charge in [0.05, 0.1) is 0 Å². The van der Waals surface area contributed by atoms with Gasteiger partial charge in [0.1, 0.15) is 5.82 Å². The van der Waals surface area contributed by atoms with E-state index in [1.54, 1.807) is 28.8 Å². The van der Waals surface area contributed by atoms with Crippen LogP contribution in [0.5, 0.6) is 0 Å². The Morgan fingerprint density at radius 2 is 2.26 bits per heavy atom. The van der Waals surface area contributed by atoms with Crippen LogP contribution in [0.3, 0.4) is 0 Å². The van der Waals surface area contributed by atoms with Gasteiger partial charge in [-0.1, -0.05) is 6.92 Å². The highest BCUT2D eigenvalue weighted by Gasteiger charge is 2.20. The van der Waals surface area contributed by atoms with Gasteiger partial charge in [-0.25, -0.2) is 10.8 Å². The third-order valence-electron chi connectivity index (χ3n) is 3.05. The minimum atomic E-state index is 0.00269. The molecule has 1 aromatic rings. The average Bonchev–Trinajstić information content (AvgIpc) is 2.42. The first kappa shape index (κ1) is 15.8. The molecule has 1 rings (SSSR count). The zero-order chi connectivity index (χ0) is 14.4. The molecule has 1 atom stereocenters. The quantitative estimate of drug-likeness (QED) is 0.616. The number of rotatable bonds is 6. The molecule has 0 fully saturated rings. The summed E-state index contributed by atoms with van der Waals surface area (Å²) in [5, 5.41) is 0.